The molecule has 0 fully saturated rings. The summed E-state index contributed by atoms with van der Waals surface area (Å²) in [6.07, 6.45) is 0.845. The van der Waals surface area contributed by atoms with Crippen molar-refractivity contribution in [1.82, 2.24) is 14.9 Å². The number of nitrogens with zero attached hydrogens (tertiary/aromatic N) is 1. The van der Waals surface area contributed by atoms with Gasteiger partial charge in [0.05, 0.1) is 17.3 Å². The van der Waals surface area contributed by atoms with Crippen LogP contribution in [0, 0.1) is 0 Å². The molecule has 1 atom stereocenters. The van der Waals surface area contributed by atoms with Gasteiger partial charge in [-0.3, -0.25) is 9.78 Å². The maximum absolute atomic E-state index is 12.5. The number of hydrogen-bond acceptors (Lipinski definition) is 4. The molecule has 1 aliphatic heterocycles. The molecule has 1 unspecified atom stereocenters. The van der Waals surface area contributed by atoms with Gasteiger partial charge in [-0.1, -0.05) is 40.2 Å². The van der Waals surface area contributed by atoms with Crippen LogP contribution in [0.1, 0.15) is 22.7 Å². The quantitative estimate of drug-likeness (QED) is 0.600. The molecule has 0 bridgehead atoms. The lowest BCUT2D eigenvalue weighted by Gasteiger charge is -2.27. The second kappa shape index (κ2) is 6.59. The first-order valence-corrected chi connectivity index (χ1v) is 9.01. The Morgan fingerprint density at radius 3 is 2.58 bits per heavy atom. The Hall–Kier alpha value is -2.64. The number of aromatic nitrogens is 2. The van der Waals surface area contributed by atoms with Crippen LogP contribution in [0.4, 0.5) is 0 Å². The van der Waals surface area contributed by atoms with Crippen LogP contribution < -0.4 is 16.6 Å². The van der Waals surface area contributed by atoms with Gasteiger partial charge in [-0.2, -0.15) is 0 Å². The second-order valence-electron chi connectivity index (χ2n) is 6.14. The van der Waals surface area contributed by atoms with Crippen molar-refractivity contribution in [2.75, 3.05) is 6.54 Å². The van der Waals surface area contributed by atoms with Gasteiger partial charge in [0.25, 0.3) is 5.56 Å². The van der Waals surface area contributed by atoms with Gasteiger partial charge in [-0.15, -0.1) is 0 Å². The standard InChI is InChI=1S/C19H16BrN3O3/c20-12-5-7-13(8-6-12)23-18(25)15(17(24)22-19(23)26)16-14-4-2-1-3-11(14)9-10-21-16/h1-8,16,21,25H,9-10H2,(H,22,24,26). The van der Waals surface area contributed by atoms with Crippen LogP contribution >= 0.6 is 15.9 Å². The minimum Gasteiger partial charge on any atom is -0.494 e. The number of aromatic amines is 1. The minimum absolute atomic E-state index is 0.139. The highest BCUT2D eigenvalue weighted by molar-refractivity contribution is 9.10. The van der Waals surface area contributed by atoms with Crippen LogP contribution in [0.25, 0.3) is 5.69 Å². The zero-order valence-electron chi connectivity index (χ0n) is 13.7. The molecule has 1 aliphatic rings. The first kappa shape index (κ1) is 16.8. The molecule has 0 spiro atoms. The molecule has 0 aliphatic carbocycles. The van der Waals surface area contributed by atoms with E-state index in [9.17, 15) is 14.7 Å². The van der Waals surface area contributed by atoms with Gasteiger partial charge in [0.15, 0.2) is 0 Å². The molecule has 0 radical (unpaired) electrons. The highest BCUT2D eigenvalue weighted by atomic mass is 79.9. The van der Waals surface area contributed by atoms with E-state index in [1.54, 1.807) is 24.3 Å². The normalized spacial score (nSPS) is 16.3. The third-order valence-electron chi connectivity index (χ3n) is 4.60. The van der Waals surface area contributed by atoms with Gasteiger partial charge in [0.1, 0.15) is 0 Å². The largest absolute Gasteiger partial charge is 0.494 e. The fourth-order valence-corrected chi connectivity index (χ4v) is 3.65. The smallest absolute Gasteiger partial charge is 0.335 e. The van der Waals surface area contributed by atoms with E-state index < -0.39 is 17.3 Å². The molecule has 3 aromatic rings. The number of H-pyrrole nitrogens is 1. The maximum atomic E-state index is 12.5. The highest BCUT2D eigenvalue weighted by Gasteiger charge is 2.28. The summed E-state index contributed by atoms with van der Waals surface area (Å²) in [4.78, 5) is 27.2. The van der Waals surface area contributed by atoms with Crippen molar-refractivity contribution in [2.24, 2.45) is 0 Å². The number of hydrogen-bond donors (Lipinski definition) is 3. The Bertz CT molecular complexity index is 1090. The van der Waals surface area contributed by atoms with Crippen LogP contribution in [-0.2, 0) is 6.42 Å². The van der Waals surface area contributed by atoms with Gasteiger partial charge < -0.3 is 10.4 Å². The second-order valence-corrected chi connectivity index (χ2v) is 7.06. The summed E-state index contributed by atoms with van der Waals surface area (Å²) in [5, 5.41) is 14.1. The van der Waals surface area contributed by atoms with Crippen molar-refractivity contribution in [2.45, 2.75) is 12.5 Å². The van der Waals surface area contributed by atoms with E-state index >= 15 is 0 Å². The molecular weight excluding hydrogens is 398 g/mol. The Morgan fingerprint density at radius 1 is 1.08 bits per heavy atom. The summed E-state index contributed by atoms with van der Waals surface area (Å²) in [6, 6.07) is 14.2. The molecule has 2 heterocycles. The Balaban J connectivity index is 1.94. The molecule has 3 N–H and O–H groups in total. The van der Waals surface area contributed by atoms with Gasteiger partial charge >= 0.3 is 5.69 Å². The van der Waals surface area contributed by atoms with Gasteiger partial charge in [-0.25, -0.2) is 9.36 Å². The van der Waals surface area contributed by atoms with E-state index in [4.69, 9.17) is 0 Å². The molecule has 1 aromatic heterocycles. The molecule has 2 aromatic carbocycles. The number of halogens is 1. The lowest BCUT2D eigenvalue weighted by molar-refractivity contribution is 0.410. The molecule has 6 nitrogen and oxygen atoms in total. The first-order valence-electron chi connectivity index (χ1n) is 8.21. The van der Waals surface area contributed by atoms with Crippen molar-refractivity contribution in [3.63, 3.8) is 0 Å². The molecular formula is C19H16BrN3O3. The molecule has 26 heavy (non-hydrogen) atoms. The molecule has 0 amide bonds. The number of fused-ring (bicyclic) bond motifs is 1. The van der Waals surface area contributed by atoms with Crippen LogP contribution in [0.3, 0.4) is 0 Å². The third kappa shape index (κ3) is 2.79. The fourth-order valence-electron chi connectivity index (χ4n) is 3.39. The average molecular weight is 414 g/mol. The Labute approximate surface area is 157 Å². The van der Waals surface area contributed by atoms with E-state index in [0.29, 0.717) is 12.2 Å². The highest BCUT2D eigenvalue weighted by Crippen LogP contribution is 2.31. The van der Waals surface area contributed by atoms with Crippen molar-refractivity contribution in [3.05, 3.63) is 90.5 Å². The number of rotatable bonds is 2. The summed E-state index contributed by atoms with van der Waals surface area (Å²) in [6.45, 7) is 0.679. The molecule has 4 rings (SSSR count). The monoisotopic (exact) mass is 413 g/mol. The lowest BCUT2D eigenvalue weighted by atomic mass is 9.90. The van der Waals surface area contributed by atoms with E-state index in [2.05, 4.69) is 26.2 Å². The Kier molecular flexibility index (Phi) is 4.26. The van der Waals surface area contributed by atoms with Crippen molar-refractivity contribution in [1.29, 1.82) is 0 Å². The summed E-state index contributed by atoms with van der Waals surface area (Å²) in [5.41, 5.74) is 1.40. The Morgan fingerprint density at radius 2 is 1.81 bits per heavy atom. The molecule has 132 valence electrons. The fraction of sp³-hybridized carbons (Fsp3) is 0.158. The maximum Gasteiger partial charge on any atom is 0.335 e. The zero-order valence-corrected chi connectivity index (χ0v) is 15.3. The SMILES string of the molecule is O=c1[nH]c(=O)n(-c2ccc(Br)cc2)c(O)c1C1NCCc2ccccc21. The van der Waals surface area contributed by atoms with Gasteiger partial charge in [-0.05, 0) is 41.8 Å². The molecule has 7 heteroatoms. The van der Waals surface area contributed by atoms with Gasteiger partial charge in [0, 0.05) is 11.0 Å². The van der Waals surface area contributed by atoms with Crippen LogP contribution in [-0.4, -0.2) is 21.2 Å². The number of aromatic hydroxyl groups is 1. The predicted octanol–water partition coefficient (Wildman–Crippen LogP) is 2.23. The molecule has 0 saturated carbocycles. The van der Waals surface area contributed by atoms with E-state index in [1.165, 1.54) is 0 Å². The molecule has 0 saturated heterocycles. The number of nitrogens with one attached hydrogen (secondary N) is 2. The van der Waals surface area contributed by atoms with E-state index in [1.807, 2.05) is 24.3 Å². The average Bonchev–Trinajstić information content (AvgIpc) is 2.63. The minimum atomic E-state index is -0.678. The summed E-state index contributed by atoms with van der Waals surface area (Å²) in [7, 11) is 0. The van der Waals surface area contributed by atoms with Crippen LogP contribution in [0.5, 0.6) is 5.88 Å². The van der Waals surface area contributed by atoms with Gasteiger partial charge in [0.2, 0.25) is 5.88 Å². The summed E-state index contributed by atoms with van der Waals surface area (Å²) in [5.74, 6) is -0.352. The van der Waals surface area contributed by atoms with Crippen LogP contribution in [0.2, 0.25) is 0 Å². The van der Waals surface area contributed by atoms with Crippen molar-refractivity contribution in [3.8, 4) is 11.6 Å². The van der Waals surface area contributed by atoms with E-state index in [0.717, 1.165) is 26.6 Å². The topological polar surface area (TPSA) is 87.1 Å². The van der Waals surface area contributed by atoms with Crippen molar-refractivity contribution < 1.29 is 5.11 Å². The van der Waals surface area contributed by atoms with Crippen molar-refractivity contribution >= 4 is 15.9 Å². The summed E-state index contributed by atoms with van der Waals surface area (Å²) >= 11 is 3.34. The zero-order chi connectivity index (χ0) is 18.3. The lowest BCUT2D eigenvalue weighted by Crippen LogP contribution is -2.38. The summed E-state index contributed by atoms with van der Waals surface area (Å²) < 4.78 is 1.96. The van der Waals surface area contributed by atoms with E-state index in [-0.39, 0.29) is 11.4 Å². The number of benzene rings is 2. The van der Waals surface area contributed by atoms with Crippen LogP contribution in [0.15, 0.2) is 62.6 Å². The first-order chi connectivity index (χ1) is 12.6. The third-order valence-corrected chi connectivity index (χ3v) is 5.13. The predicted molar refractivity (Wildman–Crippen MR) is 102 cm³/mol.